The van der Waals surface area contributed by atoms with Crippen molar-refractivity contribution in [2.45, 2.75) is 97.6 Å². The number of quaternary nitrogens is 1. The minimum atomic E-state index is -4.51. The molecule has 0 saturated carbocycles. The van der Waals surface area contributed by atoms with Crippen LogP contribution in [-0.4, -0.2) is 42.6 Å². The Kier molecular flexibility index (Phi) is 18.5. The summed E-state index contributed by atoms with van der Waals surface area (Å²) in [6, 6.07) is 0. The molecule has 2 N–H and O–H groups in total. The summed E-state index contributed by atoms with van der Waals surface area (Å²) in [6.07, 6.45) is 9.92. The van der Waals surface area contributed by atoms with Crippen LogP contribution in [0, 0.1) is 10.2 Å². The Labute approximate surface area is 173 Å². The maximum absolute atomic E-state index is 11.6. The van der Waals surface area contributed by atoms with E-state index in [0.717, 1.165) is 25.8 Å². The van der Waals surface area contributed by atoms with Crippen molar-refractivity contribution in [3.8, 4) is 0 Å². The van der Waals surface area contributed by atoms with Crippen LogP contribution in [0.15, 0.2) is 0 Å². The maximum atomic E-state index is 11.6. The molecule has 1 amide bonds. The van der Waals surface area contributed by atoms with E-state index in [1.54, 1.807) is 21.0 Å². The largest absolute Gasteiger partial charge is 0.317 e. The number of amides is 1. The molecule has 0 fully saturated rings. The molecular weight excluding hydrogens is 388 g/mol. The van der Waals surface area contributed by atoms with Crippen LogP contribution in [0.4, 0.5) is 0 Å². The molecule has 0 spiro atoms. The first-order valence-electron chi connectivity index (χ1n) is 10.4. The van der Waals surface area contributed by atoms with Crippen molar-refractivity contribution >= 4 is 5.91 Å². The van der Waals surface area contributed by atoms with Crippen molar-refractivity contribution in [2.24, 2.45) is 0 Å². The molecule has 0 aliphatic heterocycles. The molecule has 0 radical (unpaired) electrons. The van der Waals surface area contributed by atoms with Crippen molar-refractivity contribution in [1.82, 2.24) is 5.32 Å². The van der Waals surface area contributed by atoms with E-state index < -0.39 is 16.5 Å². The lowest BCUT2D eigenvalue weighted by molar-refractivity contribution is -1.92. The van der Waals surface area contributed by atoms with Gasteiger partial charge in [0.2, 0.25) is 5.91 Å². The Hall–Kier alpha value is -0.480. The highest BCUT2D eigenvalue weighted by Gasteiger charge is 2.28. The Balaban J connectivity index is 0. The summed E-state index contributed by atoms with van der Waals surface area (Å²) < 4.78 is 35.6. The van der Waals surface area contributed by atoms with E-state index in [9.17, 15) is 18.8 Å². The van der Waals surface area contributed by atoms with Crippen LogP contribution in [0.5, 0.6) is 0 Å². The van der Waals surface area contributed by atoms with Crippen molar-refractivity contribution in [1.29, 1.82) is 0 Å². The molecule has 0 aliphatic carbocycles. The molecule has 0 heterocycles. The molecule has 8 nitrogen and oxygen atoms in total. The van der Waals surface area contributed by atoms with Gasteiger partial charge in [-0.15, -0.1) is 0 Å². The molecule has 0 rings (SSSR count). The predicted octanol–water partition coefficient (Wildman–Crippen LogP) is 1.15. The fourth-order valence-electron chi connectivity index (χ4n) is 2.17. The van der Waals surface area contributed by atoms with E-state index in [4.69, 9.17) is 5.21 Å². The number of hydrogen-bond donors (Lipinski definition) is 2. The first kappa shape index (κ1) is 29.7. The van der Waals surface area contributed by atoms with E-state index >= 15 is 0 Å². The SMILES string of the molecule is CCCCCCCCCCCC(=O)NC(CC)O[Cl+3]([O-])([O-])[O-].CC[N+](C)(C)O. The second-order valence-electron chi connectivity index (χ2n) is 7.45. The summed E-state index contributed by atoms with van der Waals surface area (Å²) in [5.74, 6) is -0.284. The molecule has 0 aromatic carbocycles. The van der Waals surface area contributed by atoms with Crippen molar-refractivity contribution < 1.29 is 43.2 Å². The third-order valence-corrected chi connectivity index (χ3v) is 4.62. The quantitative estimate of drug-likeness (QED) is 0.174. The van der Waals surface area contributed by atoms with Gasteiger partial charge in [0, 0.05) is 12.8 Å². The fraction of sp³-hybridized carbons (Fsp3) is 0.947. The van der Waals surface area contributed by atoms with Crippen LogP contribution in [-0.2, 0) is 9.08 Å². The normalized spacial score (nSPS) is 12.9. The van der Waals surface area contributed by atoms with Crippen LogP contribution >= 0.6 is 0 Å². The van der Waals surface area contributed by atoms with Crippen LogP contribution in [0.25, 0.3) is 0 Å². The van der Waals surface area contributed by atoms with Gasteiger partial charge in [0.15, 0.2) is 0 Å². The van der Waals surface area contributed by atoms with E-state index in [-0.39, 0.29) is 17.0 Å². The molecule has 28 heavy (non-hydrogen) atoms. The number of halogens is 1. The van der Waals surface area contributed by atoms with Gasteiger partial charge in [-0.3, -0.25) is 4.79 Å². The molecule has 1 atom stereocenters. The Morgan fingerprint density at radius 3 is 1.75 bits per heavy atom. The molecule has 0 aliphatic rings. The van der Waals surface area contributed by atoms with Gasteiger partial charge in [-0.25, -0.2) is 5.21 Å². The number of carbonyl (C=O) groups excluding carboxylic acids is 1. The second kappa shape index (κ2) is 17.4. The van der Waals surface area contributed by atoms with Crippen molar-refractivity contribution in [3.05, 3.63) is 0 Å². The second-order valence-corrected chi connectivity index (χ2v) is 8.38. The Bertz CT molecular complexity index is 372. The lowest BCUT2D eigenvalue weighted by Gasteiger charge is -2.18. The summed E-state index contributed by atoms with van der Waals surface area (Å²) in [5.41, 5.74) is 0. The molecule has 0 bridgehead atoms. The highest BCUT2D eigenvalue weighted by atomic mass is 35.7. The maximum Gasteiger partial charge on any atom is 0.286 e. The van der Waals surface area contributed by atoms with Crippen molar-refractivity contribution in [3.63, 3.8) is 0 Å². The highest BCUT2D eigenvalue weighted by Crippen LogP contribution is 2.10. The zero-order valence-corrected chi connectivity index (χ0v) is 19.1. The standard InChI is InChI=1S/C15H30ClNO5.C4H12NO/c1-3-5-6-7-8-9-10-11-12-13-14(18)17-15(4-2)22-16(19,20)21;1-4-5(2,3)6/h15H,3-13H2,1-2H3,(H,17,18);6H,4H2,1-3H3/q;+1. The number of unbranched alkanes of at least 4 members (excludes halogenated alkanes) is 8. The number of rotatable bonds is 15. The number of hydrogen-bond acceptors (Lipinski definition) is 6. The minimum Gasteiger partial charge on any atom is -0.317 e. The number of nitrogens with one attached hydrogen (secondary N) is 1. The molecule has 0 saturated heterocycles. The third kappa shape index (κ3) is 25.5. The molecule has 0 aromatic rings. The van der Waals surface area contributed by atoms with E-state index in [2.05, 4.69) is 16.5 Å². The van der Waals surface area contributed by atoms with E-state index in [1.165, 1.54) is 38.5 Å². The topological polar surface area (TPSA) is 128 Å². The molecule has 9 heteroatoms. The van der Waals surface area contributed by atoms with Gasteiger partial charge in [0.1, 0.15) is 6.54 Å². The van der Waals surface area contributed by atoms with Crippen LogP contribution in [0.3, 0.4) is 0 Å². The first-order chi connectivity index (χ1) is 12.9. The molecular formula is C19H42ClN2O6+. The molecule has 170 valence electrons. The van der Waals surface area contributed by atoms with Crippen molar-refractivity contribution in [2.75, 3.05) is 20.6 Å². The monoisotopic (exact) mass is 429 g/mol. The van der Waals surface area contributed by atoms with Crippen LogP contribution in [0.2, 0.25) is 0 Å². The van der Waals surface area contributed by atoms with Gasteiger partial charge in [-0.1, -0.05) is 65.2 Å². The summed E-state index contributed by atoms with van der Waals surface area (Å²) in [7, 11) is -1.04. The summed E-state index contributed by atoms with van der Waals surface area (Å²) in [4.78, 5) is 11.6. The first-order valence-corrected chi connectivity index (χ1v) is 11.6. The fourth-order valence-corrected chi connectivity index (χ4v) is 2.60. The summed E-state index contributed by atoms with van der Waals surface area (Å²) in [6.45, 7) is 6.52. The minimum absolute atomic E-state index is 0.0694. The Morgan fingerprint density at radius 2 is 1.39 bits per heavy atom. The zero-order chi connectivity index (χ0) is 22.1. The molecule has 1 unspecified atom stereocenters. The van der Waals surface area contributed by atoms with E-state index in [0.29, 0.717) is 6.42 Å². The summed E-state index contributed by atoms with van der Waals surface area (Å²) >= 11 is 0. The lowest BCUT2D eigenvalue weighted by atomic mass is 10.1. The van der Waals surface area contributed by atoms with E-state index in [1.807, 2.05) is 6.92 Å². The zero-order valence-electron chi connectivity index (χ0n) is 18.4. The highest BCUT2D eigenvalue weighted by molar-refractivity contribution is 5.75. The Morgan fingerprint density at radius 1 is 0.964 bits per heavy atom. The number of hydroxylamine groups is 3. The van der Waals surface area contributed by atoms with Gasteiger partial charge in [-0.05, 0) is 13.3 Å². The lowest BCUT2D eigenvalue weighted by Crippen LogP contribution is -2.63. The van der Waals surface area contributed by atoms with Gasteiger partial charge in [0.05, 0.1) is 28.6 Å². The van der Waals surface area contributed by atoms with Crippen LogP contribution < -0.4 is 19.3 Å². The van der Waals surface area contributed by atoms with Crippen LogP contribution in [0.1, 0.15) is 91.4 Å². The number of carbonyl (C=O) groups is 1. The summed E-state index contributed by atoms with van der Waals surface area (Å²) in [5, 5.41) is 11.2. The third-order valence-electron chi connectivity index (χ3n) is 4.19. The van der Waals surface area contributed by atoms with Gasteiger partial charge < -0.3 is 5.32 Å². The molecule has 0 aromatic heterocycles. The number of nitrogens with zero attached hydrogens (tertiary/aromatic N) is 1. The predicted molar refractivity (Wildman–Crippen MR) is 99.6 cm³/mol. The average molecular weight is 430 g/mol. The van der Waals surface area contributed by atoms with Gasteiger partial charge >= 0.3 is 0 Å². The van der Waals surface area contributed by atoms with Gasteiger partial charge in [0.25, 0.3) is 6.23 Å². The van der Waals surface area contributed by atoms with Gasteiger partial charge in [-0.2, -0.15) is 18.6 Å². The smallest absolute Gasteiger partial charge is 0.286 e. The average Bonchev–Trinajstić information content (AvgIpc) is 2.58.